The summed E-state index contributed by atoms with van der Waals surface area (Å²) in [6.45, 7) is 7.77. The average Bonchev–Trinajstić information content (AvgIpc) is 3.02. The monoisotopic (exact) mass is 305 g/mol. The number of aromatic nitrogens is 6. The summed E-state index contributed by atoms with van der Waals surface area (Å²) in [6.07, 6.45) is 3.12. The molecule has 0 spiro atoms. The zero-order valence-corrected chi connectivity index (χ0v) is 12.6. The highest BCUT2D eigenvalue weighted by atomic mass is 35.5. The van der Waals surface area contributed by atoms with Gasteiger partial charge in [0, 0.05) is 6.04 Å². The summed E-state index contributed by atoms with van der Waals surface area (Å²) >= 11 is 0. The molecule has 0 fully saturated rings. The summed E-state index contributed by atoms with van der Waals surface area (Å²) in [5, 5.41) is 12.4. The molecule has 0 aromatic carbocycles. The van der Waals surface area contributed by atoms with E-state index in [-0.39, 0.29) is 18.4 Å². The minimum atomic E-state index is 0. The molecule has 21 heavy (non-hydrogen) atoms. The van der Waals surface area contributed by atoms with E-state index in [1.807, 2.05) is 24.6 Å². The van der Waals surface area contributed by atoms with Crippen molar-refractivity contribution in [1.29, 1.82) is 0 Å². The predicted octanol–water partition coefficient (Wildman–Crippen LogP) is 2.44. The van der Waals surface area contributed by atoms with Crippen molar-refractivity contribution in [3.63, 3.8) is 0 Å². The van der Waals surface area contributed by atoms with Crippen molar-refractivity contribution in [2.45, 2.75) is 19.9 Å². The van der Waals surface area contributed by atoms with Gasteiger partial charge < -0.3 is 5.73 Å². The number of aromatic amines is 1. The van der Waals surface area contributed by atoms with Gasteiger partial charge in [0.25, 0.3) is 0 Å². The van der Waals surface area contributed by atoms with E-state index in [2.05, 4.69) is 31.8 Å². The summed E-state index contributed by atoms with van der Waals surface area (Å²) in [6, 6.07) is 2.04. The van der Waals surface area contributed by atoms with Gasteiger partial charge in [-0.05, 0) is 26.0 Å². The maximum atomic E-state index is 5.99. The number of halogens is 1. The van der Waals surface area contributed by atoms with Crippen LogP contribution in [-0.2, 0) is 0 Å². The molecule has 3 heterocycles. The van der Waals surface area contributed by atoms with Crippen LogP contribution in [0.25, 0.3) is 28.5 Å². The molecular formula is C13H16ClN7. The van der Waals surface area contributed by atoms with Crippen LogP contribution in [0.1, 0.15) is 25.6 Å². The lowest BCUT2D eigenvalue weighted by atomic mass is 10.2. The van der Waals surface area contributed by atoms with Crippen LogP contribution in [0.3, 0.4) is 0 Å². The predicted molar refractivity (Wildman–Crippen MR) is 85.0 cm³/mol. The molecule has 0 unspecified atom stereocenters. The maximum Gasteiger partial charge on any atom is 0.164 e. The van der Waals surface area contributed by atoms with Crippen molar-refractivity contribution < 1.29 is 0 Å². The fraction of sp³-hybridized carbons (Fsp3) is 0.231. The number of anilines is 1. The molecule has 0 saturated carbocycles. The van der Waals surface area contributed by atoms with Gasteiger partial charge >= 0.3 is 0 Å². The lowest BCUT2D eigenvalue weighted by Gasteiger charge is -2.05. The molecule has 0 amide bonds. The molecule has 3 aromatic rings. The maximum absolute atomic E-state index is 5.99. The topological polar surface area (TPSA) is 98.3 Å². The van der Waals surface area contributed by atoms with Crippen LogP contribution in [0, 0.1) is 0 Å². The number of hydrogen-bond donors (Lipinski definition) is 2. The Labute approximate surface area is 127 Å². The van der Waals surface area contributed by atoms with Crippen molar-refractivity contribution in [2.24, 2.45) is 0 Å². The van der Waals surface area contributed by atoms with Crippen LogP contribution in [0.15, 0.2) is 19.0 Å². The Hall–Kier alpha value is -2.41. The molecule has 0 aliphatic carbocycles. The van der Waals surface area contributed by atoms with E-state index in [0.717, 1.165) is 22.4 Å². The Morgan fingerprint density at radius 2 is 2.14 bits per heavy atom. The largest absolute Gasteiger partial charge is 0.383 e. The summed E-state index contributed by atoms with van der Waals surface area (Å²) in [4.78, 5) is 8.34. The fourth-order valence-electron chi connectivity index (χ4n) is 2.11. The Kier molecular flexibility index (Phi) is 3.95. The van der Waals surface area contributed by atoms with Crippen LogP contribution in [-0.4, -0.2) is 29.9 Å². The fourth-order valence-corrected chi connectivity index (χ4v) is 2.11. The number of nitrogens with one attached hydrogen (secondary N) is 1. The van der Waals surface area contributed by atoms with Gasteiger partial charge in [-0.1, -0.05) is 6.58 Å². The molecule has 0 bridgehead atoms. The standard InChI is InChI=1S/C13H15N7.ClH/c1-4-8-5-9(18-17-8)11-10-12(14)15-6-16-13(10)20(19-11)7(2)3;/h4-7H,1H2,2-3H3,(H,17,18)(H2,14,15,16);1H. The second-order valence-corrected chi connectivity index (χ2v) is 4.76. The molecule has 0 radical (unpaired) electrons. The molecule has 0 atom stereocenters. The third-order valence-corrected chi connectivity index (χ3v) is 3.07. The van der Waals surface area contributed by atoms with Gasteiger partial charge in [0.05, 0.1) is 16.8 Å². The second kappa shape index (κ2) is 5.53. The molecule has 0 aliphatic heterocycles. The smallest absolute Gasteiger partial charge is 0.164 e. The van der Waals surface area contributed by atoms with Gasteiger partial charge in [0.15, 0.2) is 5.65 Å². The van der Waals surface area contributed by atoms with Crippen molar-refractivity contribution in [3.8, 4) is 11.4 Å². The summed E-state index contributed by atoms with van der Waals surface area (Å²) in [5.74, 6) is 0.409. The van der Waals surface area contributed by atoms with Gasteiger partial charge in [-0.15, -0.1) is 12.4 Å². The van der Waals surface area contributed by atoms with Crippen molar-refractivity contribution in [2.75, 3.05) is 5.73 Å². The lowest BCUT2D eigenvalue weighted by Crippen LogP contribution is -2.04. The summed E-state index contributed by atoms with van der Waals surface area (Å²) in [5.41, 5.74) is 8.93. The van der Waals surface area contributed by atoms with Crippen LogP contribution in [0.4, 0.5) is 5.82 Å². The first-order valence-electron chi connectivity index (χ1n) is 6.28. The first kappa shape index (κ1) is 15.0. The highest BCUT2D eigenvalue weighted by Gasteiger charge is 2.19. The number of rotatable bonds is 3. The lowest BCUT2D eigenvalue weighted by molar-refractivity contribution is 0.547. The first-order chi connectivity index (χ1) is 9.61. The van der Waals surface area contributed by atoms with Crippen LogP contribution in [0.5, 0.6) is 0 Å². The molecule has 110 valence electrons. The van der Waals surface area contributed by atoms with Gasteiger partial charge in [-0.3, -0.25) is 5.10 Å². The number of nitrogens with zero attached hydrogens (tertiary/aromatic N) is 5. The number of nitrogens with two attached hydrogens (primary N) is 1. The van der Waals surface area contributed by atoms with E-state index < -0.39 is 0 Å². The van der Waals surface area contributed by atoms with E-state index >= 15 is 0 Å². The van der Waals surface area contributed by atoms with E-state index in [4.69, 9.17) is 5.73 Å². The molecule has 0 aliphatic rings. The highest BCUT2D eigenvalue weighted by molar-refractivity contribution is 5.97. The van der Waals surface area contributed by atoms with E-state index in [1.165, 1.54) is 6.33 Å². The van der Waals surface area contributed by atoms with Crippen molar-refractivity contribution in [3.05, 3.63) is 24.7 Å². The number of H-pyrrole nitrogens is 1. The summed E-state index contributed by atoms with van der Waals surface area (Å²) in [7, 11) is 0. The SMILES string of the molecule is C=Cc1cc(-c2nn(C(C)C)c3ncnc(N)c23)[nH]n1.Cl. The molecular weight excluding hydrogens is 290 g/mol. The highest BCUT2D eigenvalue weighted by Crippen LogP contribution is 2.30. The average molecular weight is 306 g/mol. The number of nitrogen functional groups attached to an aromatic ring is 1. The van der Waals surface area contributed by atoms with Crippen LogP contribution < -0.4 is 5.73 Å². The summed E-state index contributed by atoms with van der Waals surface area (Å²) < 4.78 is 1.83. The molecule has 3 rings (SSSR count). The molecule has 3 N–H and O–H groups in total. The quantitative estimate of drug-likeness (QED) is 0.774. The minimum absolute atomic E-state index is 0. The molecule has 8 heteroatoms. The molecule has 7 nitrogen and oxygen atoms in total. The van der Waals surface area contributed by atoms with Gasteiger partial charge in [-0.25, -0.2) is 14.6 Å². The van der Waals surface area contributed by atoms with Gasteiger partial charge in [0.2, 0.25) is 0 Å². The Morgan fingerprint density at radius 3 is 2.76 bits per heavy atom. The molecule has 3 aromatic heterocycles. The van der Waals surface area contributed by atoms with E-state index in [9.17, 15) is 0 Å². The van der Waals surface area contributed by atoms with Crippen molar-refractivity contribution in [1.82, 2.24) is 29.9 Å². The third-order valence-electron chi connectivity index (χ3n) is 3.07. The van der Waals surface area contributed by atoms with Crippen LogP contribution >= 0.6 is 12.4 Å². The van der Waals surface area contributed by atoms with Crippen LogP contribution in [0.2, 0.25) is 0 Å². The Morgan fingerprint density at radius 1 is 1.38 bits per heavy atom. The zero-order valence-electron chi connectivity index (χ0n) is 11.7. The van der Waals surface area contributed by atoms with Gasteiger partial charge in [0.1, 0.15) is 17.8 Å². The van der Waals surface area contributed by atoms with E-state index in [1.54, 1.807) is 6.08 Å². The zero-order chi connectivity index (χ0) is 14.3. The first-order valence-corrected chi connectivity index (χ1v) is 6.28. The normalized spacial score (nSPS) is 10.8. The van der Waals surface area contributed by atoms with Gasteiger partial charge in [-0.2, -0.15) is 10.2 Å². The Bertz CT molecular complexity index is 787. The van der Waals surface area contributed by atoms with E-state index in [0.29, 0.717) is 11.5 Å². The number of hydrogen-bond acceptors (Lipinski definition) is 5. The minimum Gasteiger partial charge on any atom is -0.383 e. The third kappa shape index (κ3) is 2.36. The van der Waals surface area contributed by atoms with Crippen molar-refractivity contribution >= 4 is 35.3 Å². The Balaban J connectivity index is 0.00000161. The molecule has 0 saturated heterocycles. The number of fused-ring (bicyclic) bond motifs is 1. The second-order valence-electron chi connectivity index (χ2n) is 4.76.